The van der Waals surface area contributed by atoms with Crippen LogP contribution in [0.1, 0.15) is 16.3 Å². The van der Waals surface area contributed by atoms with Crippen molar-refractivity contribution in [3.05, 3.63) is 50.7 Å². The Balaban J connectivity index is 1.98. The van der Waals surface area contributed by atoms with E-state index in [2.05, 4.69) is 4.98 Å². The fourth-order valence-electron chi connectivity index (χ4n) is 1.75. The van der Waals surface area contributed by atoms with Gasteiger partial charge in [0.25, 0.3) is 0 Å². The molecule has 0 aliphatic rings. The molecule has 1 atom stereocenters. The van der Waals surface area contributed by atoms with Crippen molar-refractivity contribution in [1.29, 1.82) is 0 Å². The number of hydrogen-bond acceptors (Lipinski definition) is 3. The first-order chi connectivity index (χ1) is 8.54. The van der Waals surface area contributed by atoms with Gasteiger partial charge < -0.3 is 5.11 Å². The van der Waals surface area contributed by atoms with Crippen molar-refractivity contribution in [3.8, 4) is 0 Å². The number of aromatic nitrogens is 1. The van der Waals surface area contributed by atoms with Gasteiger partial charge in [0.2, 0.25) is 0 Å². The molecule has 0 bridgehead atoms. The van der Waals surface area contributed by atoms with Gasteiger partial charge in [-0.05, 0) is 31.0 Å². The van der Waals surface area contributed by atoms with Crippen molar-refractivity contribution in [2.24, 2.45) is 0 Å². The Labute approximate surface area is 114 Å². The minimum atomic E-state index is -0.563. The van der Waals surface area contributed by atoms with Crippen LogP contribution in [0.15, 0.2) is 23.6 Å². The van der Waals surface area contributed by atoms with Crippen LogP contribution in [-0.2, 0) is 12.8 Å². The normalized spacial score (nSPS) is 12.7. The van der Waals surface area contributed by atoms with E-state index in [1.165, 1.54) is 12.1 Å². The summed E-state index contributed by atoms with van der Waals surface area (Å²) in [6.45, 7) is 1.93. The van der Waals surface area contributed by atoms with Gasteiger partial charge in [-0.2, -0.15) is 0 Å². The molecule has 2 nitrogen and oxygen atoms in total. The first-order valence-electron chi connectivity index (χ1n) is 5.57. The van der Waals surface area contributed by atoms with E-state index in [1.54, 1.807) is 17.4 Å². The van der Waals surface area contributed by atoms with Crippen LogP contribution in [0.2, 0.25) is 5.02 Å². The Morgan fingerprint density at radius 1 is 1.44 bits per heavy atom. The number of rotatable bonds is 4. The highest BCUT2D eigenvalue weighted by molar-refractivity contribution is 7.09. The van der Waals surface area contributed by atoms with Gasteiger partial charge in [0.1, 0.15) is 5.82 Å². The van der Waals surface area contributed by atoms with Crippen LogP contribution in [0.25, 0.3) is 0 Å². The Morgan fingerprint density at radius 3 is 2.83 bits per heavy atom. The summed E-state index contributed by atoms with van der Waals surface area (Å²) in [5.41, 5.74) is 1.61. The number of nitrogens with zero attached hydrogens (tertiary/aromatic N) is 1. The highest BCUT2D eigenvalue weighted by Gasteiger charge is 2.10. The molecule has 2 rings (SSSR count). The van der Waals surface area contributed by atoms with E-state index in [0.29, 0.717) is 12.8 Å². The van der Waals surface area contributed by atoms with Gasteiger partial charge in [0.05, 0.1) is 21.8 Å². The van der Waals surface area contributed by atoms with E-state index >= 15 is 0 Å². The first-order valence-corrected chi connectivity index (χ1v) is 6.83. The molecule has 0 fully saturated rings. The minimum absolute atomic E-state index is 0.100. The fourth-order valence-corrected chi connectivity index (χ4v) is 2.50. The topological polar surface area (TPSA) is 33.1 Å². The molecule has 1 aromatic carbocycles. The quantitative estimate of drug-likeness (QED) is 0.934. The Bertz CT molecular complexity index is 544. The van der Waals surface area contributed by atoms with E-state index in [1.807, 2.05) is 12.3 Å². The average Bonchev–Trinajstić information content (AvgIpc) is 2.69. The third-order valence-electron chi connectivity index (χ3n) is 2.57. The SMILES string of the molecule is Cc1nc(CC(O)Cc2ccc(Cl)c(F)c2)cs1. The second-order valence-electron chi connectivity index (χ2n) is 4.17. The lowest BCUT2D eigenvalue weighted by Gasteiger charge is -2.09. The van der Waals surface area contributed by atoms with Crippen molar-refractivity contribution in [2.45, 2.75) is 25.9 Å². The predicted octanol–water partition coefficient (Wildman–Crippen LogP) is 3.39. The third-order valence-corrected chi connectivity index (χ3v) is 3.70. The Hall–Kier alpha value is -0.970. The summed E-state index contributed by atoms with van der Waals surface area (Å²) in [6, 6.07) is 4.59. The summed E-state index contributed by atoms with van der Waals surface area (Å²) in [5, 5.41) is 12.9. The number of thiazole rings is 1. The summed E-state index contributed by atoms with van der Waals surface area (Å²) >= 11 is 7.16. The number of aliphatic hydroxyl groups is 1. The molecular formula is C13H13ClFNOS. The van der Waals surface area contributed by atoms with Crippen molar-refractivity contribution in [1.82, 2.24) is 4.98 Å². The van der Waals surface area contributed by atoms with E-state index < -0.39 is 11.9 Å². The lowest BCUT2D eigenvalue weighted by molar-refractivity contribution is 0.174. The number of aryl methyl sites for hydroxylation is 1. The number of benzene rings is 1. The van der Waals surface area contributed by atoms with Gasteiger partial charge >= 0.3 is 0 Å². The predicted molar refractivity (Wildman–Crippen MR) is 71.7 cm³/mol. The Morgan fingerprint density at radius 2 is 2.22 bits per heavy atom. The van der Waals surface area contributed by atoms with Crippen LogP contribution in [0.4, 0.5) is 4.39 Å². The maximum atomic E-state index is 13.2. The molecule has 0 aliphatic heterocycles. The zero-order valence-corrected chi connectivity index (χ0v) is 11.4. The van der Waals surface area contributed by atoms with Crippen LogP contribution in [0, 0.1) is 12.7 Å². The fraction of sp³-hybridized carbons (Fsp3) is 0.308. The second-order valence-corrected chi connectivity index (χ2v) is 5.64. The lowest BCUT2D eigenvalue weighted by atomic mass is 10.0. The summed E-state index contributed by atoms with van der Waals surface area (Å²) in [6.07, 6.45) is 0.311. The third kappa shape index (κ3) is 3.51. The molecule has 18 heavy (non-hydrogen) atoms. The van der Waals surface area contributed by atoms with Crippen molar-refractivity contribution >= 4 is 22.9 Å². The minimum Gasteiger partial charge on any atom is -0.392 e. The van der Waals surface area contributed by atoms with Crippen LogP contribution >= 0.6 is 22.9 Å². The zero-order valence-electron chi connectivity index (χ0n) is 9.86. The van der Waals surface area contributed by atoms with Crippen molar-refractivity contribution < 1.29 is 9.50 Å². The van der Waals surface area contributed by atoms with E-state index in [0.717, 1.165) is 16.3 Å². The maximum absolute atomic E-state index is 13.2. The first kappa shape index (κ1) is 13.5. The van der Waals surface area contributed by atoms with Crippen LogP contribution < -0.4 is 0 Å². The van der Waals surface area contributed by atoms with E-state index in [-0.39, 0.29) is 5.02 Å². The highest BCUT2D eigenvalue weighted by Crippen LogP contribution is 2.18. The monoisotopic (exact) mass is 285 g/mol. The van der Waals surface area contributed by atoms with Crippen LogP contribution in [0.5, 0.6) is 0 Å². The van der Waals surface area contributed by atoms with Crippen molar-refractivity contribution in [3.63, 3.8) is 0 Å². The van der Waals surface area contributed by atoms with Gasteiger partial charge in [0, 0.05) is 11.8 Å². The van der Waals surface area contributed by atoms with Crippen LogP contribution in [-0.4, -0.2) is 16.2 Å². The van der Waals surface area contributed by atoms with Gasteiger partial charge in [0.15, 0.2) is 0 Å². The van der Waals surface area contributed by atoms with Gasteiger partial charge in [-0.15, -0.1) is 11.3 Å². The standard InChI is InChI=1S/C13H13ClFNOS/c1-8-16-10(7-18-8)6-11(17)4-9-2-3-12(14)13(15)5-9/h2-3,5,7,11,17H,4,6H2,1H3. The van der Waals surface area contributed by atoms with E-state index in [9.17, 15) is 9.50 Å². The molecule has 1 N–H and O–H groups in total. The summed E-state index contributed by atoms with van der Waals surface area (Å²) in [7, 11) is 0. The zero-order chi connectivity index (χ0) is 13.1. The van der Waals surface area contributed by atoms with E-state index in [4.69, 9.17) is 11.6 Å². The lowest BCUT2D eigenvalue weighted by Crippen LogP contribution is -2.14. The molecule has 2 aromatic rings. The molecule has 0 saturated heterocycles. The molecule has 96 valence electrons. The number of hydrogen-bond donors (Lipinski definition) is 1. The second kappa shape index (κ2) is 5.78. The van der Waals surface area contributed by atoms with Gasteiger partial charge in [-0.3, -0.25) is 0 Å². The maximum Gasteiger partial charge on any atom is 0.142 e. The molecular weight excluding hydrogens is 273 g/mol. The van der Waals surface area contributed by atoms with Crippen molar-refractivity contribution in [2.75, 3.05) is 0 Å². The summed E-state index contributed by atoms with van der Waals surface area (Å²) < 4.78 is 13.2. The molecule has 0 radical (unpaired) electrons. The molecule has 1 heterocycles. The van der Waals surface area contributed by atoms with Gasteiger partial charge in [-0.1, -0.05) is 17.7 Å². The molecule has 0 aliphatic carbocycles. The molecule has 5 heteroatoms. The summed E-state index contributed by atoms with van der Waals surface area (Å²) in [4.78, 5) is 4.29. The molecule has 1 unspecified atom stereocenters. The molecule has 1 aromatic heterocycles. The van der Waals surface area contributed by atoms with Crippen LogP contribution in [0.3, 0.4) is 0 Å². The average molecular weight is 286 g/mol. The number of aliphatic hydroxyl groups excluding tert-OH is 1. The summed E-state index contributed by atoms with van der Waals surface area (Å²) in [5.74, 6) is -0.453. The molecule has 0 saturated carbocycles. The smallest absolute Gasteiger partial charge is 0.142 e. The Kier molecular flexibility index (Phi) is 4.32. The molecule has 0 amide bonds. The highest BCUT2D eigenvalue weighted by atomic mass is 35.5. The number of halogens is 2. The molecule has 0 spiro atoms. The largest absolute Gasteiger partial charge is 0.392 e. The van der Waals surface area contributed by atoms with Gasteiger partial charge in [-0.25, -0.2) is 9.37 Å².